The molecule has 310 valence electrons. The monoisotopic (exact) mass is 858 g/mol. The third kappa shape index (κ3) is 5.87. The van der Waals surface area contributed by atoms with E-state index in [0.29, 0.717) is 0 Å². The molecule has 0 radical (unpaired) electrons. The van der Waals surface area contributed by atoms with Crippen LogP contribution in [0.2, 0.25) is 0 Å². The number of hydrogen-bond acceptors (Lipinski definition) is 3. The van der Waals surface area contributed by atoms with Crippen molar-refractivity contribution in [2.24, 2.45) is 0 Å². The van der Waals surface area contributed by atoms with Crippen LogP contribution in [0.3, 0.4) is 0 Å². The molecule has 0 atom stereocenters. The van der Waals surface area contributed by atoms with Crippen LogP contribution in [0.1, 0.15) is 22.3 Å². The molecular weight excluding hydrogens is 817 g/mol. The number of fused-ring (bicyclic) bond motifs is 9. The molecule has 3 heteroatoms. The zero-order chi connectivity index (χ0) is 43.6. The van der Waals surface area contributed by atoms with E-state index in [9.17, 15) is 0 Å². The molecule has 0 spiro atoms. The Balaban J connectivity index is 1.19. The molecule has 0 amide bonds. The van der Waals surface area contributed by atoms with Crippen molar-refractivity contribution in [1.82, 2.24) is 0 Å². The van der Waals surface area contributed by atoms with Gasteiger partial charge in [0.05, 0.1) is 11.1 Å². The van der Waals surface area contributed by atoms with E-state index in [0.717, 1.165) is 34.1 Å². The van der Waals surface area contributed by atoms with Crippen LogP contribution in [-0.2, 0) is 5.41 Å². The summed E-state index contributed by atoms with van der Waals surface area (Å²) in [6.07, 6.45) is 0. The molecule has 66 heavy (non-hydrogen) atoms. The lowest BCUT2D eigenvalue weighted by Crippen LogP contribution is -2.28. The topological polar surface area (TPSA) is 6.48 Å². The maximum atomic E-state index is 2.57. The maximum Gasteiger partial charge on any atom is 0.0714 e. The fraction of sp³-hybridized carbons (Fsp3) is 0.0159. The number of nitrogens with zero attached hydrogens (tertiary/aromatic N) is 2. The zero-order valence-corrected chi connectivity index (χ0v) is 36.9. The second-order valence-electron chi connectivity index (χ2n) is 17.2. The molecule has 1 aliphatic carbocycles. The Labute approximate surface area is 388 Å². The van der Waals surface area contributed by atoms with Gasteiger partial charge in [0.1, 0.15) is 0 Å². The molecule has 1 aromatic heterocycles. The Hall–Kier alpha value is -8.24. The molecule has 12 aromatic rings. The molecule has 0 aliphatic heterocycles. The Morgan fingerprint density at radius 2 is 0.833 bits per heavy atom. The van der Waals surface area contributed by atoms with Crippen LogP contribution >= 0.6 is 11.3 Å². The minimum atomic E-state index is -0.602. The molecular formula is C63H42N2S. The van der Waals surface area contributed by atoms with Crippen molar-refractivity contribution >= 4 is 87.2 Å². The Morgan fingerprint density at radius 3 is 1.55 bits per heavy atom. The summed E-state index contributed by atoms with van der Waals surface area (Å²) < 4.78 is 2.55. The van der Waals surface area contributed by atoms with Crippen molar-refractivity contribution in [2.75, 3.05) is 9.80 Å². The predicted molar refractivity (Wildman–Crippen MR) is 281 cm³/mol. The number of thiophene rings is 1. The first kappa shape index (κ1) is 38.2. The summed E-state index contributed by atoms with van der Waals surface area (Å²) in [4.78, 5) is 4.93. The summed E-state index contributed by atoms with van der Waals surface area (Å²) in [5, 5.41) is 7.45. The largest absolute Gasteiger partial charge is 0.310 e. The number of anilines is 6. The summed E-state index contributed by atoms with van der Waals surface area (Å²) in [6, 6.07) is 94.1. The van der Waals surface area contributed by atoms with Gasteiger partial charge in [-0.05, 0) is 111 Å². The van der Waals surface area contributed by atoms with Gasteiger partial charge in [-0.2, -0.15) is 0 Å². The molecule has 0 saturated heterocycles. The maximum absolute atomic E-state index is 2.57. The minimum absolute atomic E-state index is 0.602. The van der Waals surface area contributed by atoms with Gasteiger partial charge in [-0.3, -0.25) is 0 Å². The van der Waals surface area contributed by atoms with Gasteiger partial charge in [0, 0.05) is 59.6 Å². The van der Waals surface area contributed by atoms with Crippen LogP contribution in [0.25, 0.3) is 52.8 Å². The van der Waals surface area contributed by atoms with Gasteiger partial charge in [0.25, 0.3) is 0 Å². The molecule has 1 aliphatic rings. The molecule has 13 rings (SSSR count). The molecule has 0 bridgehead atoms. The first-order chi connectivity index (χ1) is 32.8. The van der Waals surface area contributed by atoms with Crippen molar-refractivity contribution in [3.8, 4) is 11.1 Å². The lowest BCUT2D eigenvalue weighted by atomic mass is 9.67. The second kappa shape index (κ2) is 15.5. The van der Waals surface area contributed by atoms with Crippen LogP contribution in [0, 0.1) is 0 Å². The van der Waals surface area contributed by atoms with Gasteiger partial charge in [-0.25, -0.2) is 0 Å². The predicted octanol–water partition coefficient (Wildman–Crippen LogP) is 17.7. The van der Waals surface area contributed by atoms with E-state index < -0.39 is 5.41 Å². The second-order valence-corrected chi connectivity index (χ2v) is 18.3. The van der Waals surface area contributed by atoms with Crippen molar-refractivity contribution in [1.29, 1.82) is 0 Å². The highest BCUT2D eigenvalue weighted by molar-refractivity contribution is 7.25. The highest BCUT2D eigenvalue weighted by Gasteiger charge is 2.48. The summed E-state index contributed by atoms with van der Waals surface area (Å²) in [5.41, 5.74) is 13.5. The molecule has 0 unspecified atom stereocenters. The van der Waals surface area contributed by atoms with E-state index in [2.05, 4.69) is 265 Å². The molecule has 0 saturated carbocycles. The molecule has 1 heterocycles. The zero-order valence-electron chi connectivity index (χ0n) is 36.1. The quantitative estimate of drug-likeness (QED) is 0.141. The third-order valence-electron chi connectivity index (χ3n) is 13.7. The van der Waals surface area contributed by atoms with Crippen LogP contribution in [0.15, 0.2) is 255 Å². The highest BCUT2D eigenvalue weighted by Crippen LogP contribution is 2.62. The lowest BCUT2D eigenvalue weighted by molar-refractivity contribution is 0.769. The summed E-state index contributed by atoms with van der Waals surface area (Å²) in [6.45, 7) is 0. The molecule has 0 fully saturated rings. The Bertz CT molecular complexity index is 3690. The van der Waals surface area contributed by atoms with Crippen LogP contribution < -0.4 is 9.80 Å². The van der Waals surface area contributed by atoms with Crippen molar-refractivity contribution in [3.05, 3.63) is 277 Å². The van der Waals surface area contributed by atoms with Crippen molar-refractivity contribution in [2.45, 2.75) is 5.41 Å². The van der Waals surface area contributed by atoms with Crippen LogP contribution in [-0.4, -0.2) is 0 Å². The van der Waals surface area contributed by atoms with E-state index >= 15 is 0 Å². The number of hydrogen-bond donors (Lipinski definition) is 0. The average molecular weight is 859 g/mol. The van der Waals surface area contributed by atoms with Crippen molar-refractivity contribution in [3.63, 3.8) is 0 Å². The first-order valence-electron chi connectivity index (χ1n) is 22.7. The average Bonchev–Trinajstić information content (AvgIpc) is 3.91. The van der Waals surface area contributed by atoms with Gasteiger partial charge in [-0.1, -0.05) is 188 Å². The van der Waals surface area contributed by atoms with Crippen LogP contribution in [0.5, 0.6) is 0 Å². The van der Waals surface area contributed by atoms with E-state index in [4.69, 9.17) is 0 Å². The lowest BCUT2D eigenvalue weighted by Gasteiger charge is -2.35. The number of para-hydroxylation sites is 2. The third-order valence-corrected chi connectivity index (χ3v) is 14.8. The molecule has 11 aromatic carbocycles. The van der Waals surface area contributed by atoms with Gasteiger partial charge < -0.3 is 9.80 Å². The summed E-state index contributed by atoms with van der Waals surface area (Å²) in [5.74, 6) is 0. The Morgan fingerprint density at radius 1 is 0.303 bits per heavy atom. The number of benzene rings is 11. The van der Waals surface area contributed by atoms with Crippen LogP contribution in [0.4, 0.5) is 34.1 Å². The van der Waals surface area contributed by atoms with E-state index in [1.54, 1.807) is 0 Å². The fourth-order valence-electron chi connectivity index (χ4n) is 10.9. The van der Waals surface area contributed by atoms with Gasteiger partial charge in [0.15, 0.2) is 0 Å². The van der Waals surface area contributed by atoms with E-state index in [1.807, 2.05) is 11.3 Å². The van der Waals surface area contributed by atoms with Gasteiger partial charge in [-0.15, -0.1) is 11.3 Å². The van der Waals surface area contributed by atoms with Gasteiger partial charge >= 0.3 is 0 Å². The van der Waals surface area contributed by atoms with Crippen molar-refractivity contribution < 1.29 is 0 Å². The first-order valence-corrected chi connectivity index (χ1v) is 23.5. The molecule has 2 nitrogen and oxygen atoms in total. The highest BCUT2D eigenvalue weighted by atomic mass is 32.1. The summed E-state index contributed by atoms with van der Waals surface area (Å²) >= 11 is 1.87. The fourth-order valence-corrected chi connectivity index (χ4v) is 12.0. The van der Waals surface area contributed by atoms with E-state index in [1.165, 1.54) is 75.1 Å². The Kier molecular flexibility index (Phi) is 8.97. The molecule has 0 N–H and O–H groups in total. The number of rotatable bonds is 8. The standard InChI is InChI=1S/C63H42N2S/c1-5-21-44(22-6-1)63(45-23-7-2-8-24-45)57-34-17-15-33-55(57)61-58(63)42-56-51-31-14-13-20-43(51)36-38-54(56)62(61)65(50-37-39-53-52-32-16-18-35-59(52)66-60(53)41-50)49-30-19-29-48(40-49)64(46-25-9-3-10-26-46)47-27-11-4-12-28-47/h1-42H. The SMILES string of the molecule is c1ccc(N(c2ccccc2)c2cccc(N(c3ccc4c(c3)sc3ccccc34)c3c4c(cc5c3ccc3ccccc35)C(c3ccccc3)(c3ccccc3)c3ccccc3-4)c2)cc1. The normalized spacial score (nSPS) is 12.7. The smallest absolute Gasteiger partial charge is 0.0714 e. The van der Waals surface area contributed by atoms with E-state index in [-0.39, 0.29) is 0 Å². The van der Waals surface area contributed by atoms with Gasteiger partial charge in [0.2, 0.25) is 0 Å². The summed E-state index contributed by atoms with van der Waals surface area (Å²) in [7, 11) is 0. The minimum Gasteiger partial charge on any atom is -0.310 e.